The molecule has 12 aromatic rings. The molecule has 39 heteroatoms. The van der Waals surface area contributed by atoms with E-state index in [1.54, 1.807) is 73.6 Å². The highest BCUT2D eigenvalue weighted by Gasteiger charge is 2.54. The number of halogens is 12. The van der Waals surface area contributed by atoms with Gasteiger partial charge < -0.3 is 81.0 Å². The highest BCUT2D eigenvalue weighted by molar-refractivity contribution is 6.47. The van der Waals surface area contributed by atoms with Crippen molar-refractivity contribution in [1.29, 1.82) is 0 Å². The maximum atomic E-state index is 6.29. The summed E-state index contributed by atoms with van der Waals surface area (Å²) in [5, 5.41) is 5.56. The van der Waals surface area contributed by atoms with Gasteiger partial charge in [-0.3, -0.25) is 0 Å². The summed E-state index contributed by atoms with van der Waals surface area (Å²) in [5.41, 5.74) is 65.8. The molecule has 6 aromatic heterocycles. The molecule has 6 aromatic carbocycles. The minimum Gasteiger partial charge on any atom is -0.382 e. The zero-order valence-electron chi connectivity index (χ0n) is 82.4. The van der Waals surface area contributed by atoms with Crippen molar-refractivity contribution in [1.82, 2.24) is 59.8 Å². The Morgan fingerprint density at radius 2 is 0.388 bits per heavy atom. The Labute approximate surface area is 918 Å². The van der Waals surface area contributed by atoms with Gasteiger partial charge in [-0.05, 0) is 205 Å². The minimum atomic E-state index is 0.255. The summed E-state index contributed by atoms with van der Waals surface area (Å²) < 4.78 is 0. The van der Waals surface area contributed by atoms with E-state index in [1.165, 1.54) is 96.3 Å². The van der Waals surface area contributed by atoms with Gasteiger partial charge in [0.1, 0.15) is 69.1 Å². The first-order valence-electron chi connectivity index (χ1n) is 50.7. The molecule has 0 amide bonds. The van der Waals surface area contributed by atoms with E-state index in [9.17, 15) is 0 Å². The topological polar surface area (TPSA) is 408 Å². The Hall–Kier alpha value is -9.24. The molecule has 12 fully saturated rings. The maximum Gasteiger partial charge on any atom is 0.152 e. The maximum absolute atomic E-state index is 6.29. The summed E-state index contributed by atoms with van der Waals surface area (Å²) in [5.74, 6) is 9.75. The van der Waals surface area contributed by atoms with Crippen LogP contribution < -0.4 is 81.0 Å². The summed E-state index contributed by atoms with van der Waals surface area (Å²) in [7, 11) is 0. The SMILES string of the molecule is CC1CCC12CCN(c1cnc(-c3cccc(Cl)c3Cl)c(N)n1)CC2.C[C@@H]1CCC12CCN(c1cnc(-c3cccc(Cl)c3Cl)c(N)n1)CC2.C[C@H]1CCC12CCN(c1cnc(-c3cccc(Cl)c3Cl)c(N)n1)CC2.Nc1nc(N2CC[C@@]3(CC[C@H]3N)C2)cnc1-c1cccc(Cl)c1Cl.Nc1nc(N2CC[C@]3(CC[C@@H]3N)C2)cnc1-c1cccc(Cl)c1Cl.Nc1nc(N2CC[C@]3(CC[C@H]3N)C2)cnc1-c1cccc(Cl)c1Cl. The number of aromatic nitrogens is 12. The Balaban J connectivity index is 0.000000111. The van der Waals surface area contributed by atoms with E-state index in [1.807, 2.05) is 72.8 Å². The highest BCUT2D eigenvalue weighted by atomic mass is 35.5. The van der Waals surface area contributed by atoms with Crippen LogP contribution in [0.15, 0.2) is 146 Å². The molecule has 6 saturated carbocycles. The van der Waals surface area contributed by atoms with Crippen molar-refractivity contribution in [3.63, 3.8) is 0 Å². The Bertz CT molecular complexity index is 6230. The zero-order valence-corrected chi connectivity index (χ0v) is 91.5. The highest BCUT2D eigenvalue weighted by Crippen LogP contribution is 2.59. The second-order valence-electron chi connectivity index (χ2n) is 42.3. The lowest BCUT2D eigenvalue weighted by Crippen LogP contribution is -2.52. The van der Waals surface area contributed by atoms with Gasteiger partial charge in [0.05, 0.1) is 97.5 Å². The van der Waals surface area contributed by atoms with Gasteiger partial charge in [-0.15, -0.1) is 0 Å². The van der Waals surface area contributed by atoms with Crippen LogP contribution in [0.25, 0.3) is 67.5 Å². The largest absolute Gasteiger partial charge is 0.382 e. The molecule has 6 aliphatic heterocycles. The van der Waals surface area contributed by atoms with Crippen LogP contribution in [-0.2, 0) is 0 Å². The zero-order chi connectivity index (χ0) is 104. The molecular weight excluding hydrogens is 2100 g/mol. The van der Waals surface area contributed by atoms with Crippen LogP contribution in [0.3, 0.4) is 0 Å². The molecule has 6 aliphatic carbocycles. The summed E-state index contributed by atoms with van der Waals surface area (Å²) in [6, 6.07) is 33.4. The fourth-order valence-corrected chi connectivity index (χ4v) is 26.2. The van der Waals surface area contributed by atoms with Gasteiger partial charge in [0.15, 0.2) is 34.9 Å². The third-order valence-electron chi connectivity index (χ3n) is 34.9. The molecule has 18 N–H and O–H groups in total. The molecule has 24 rings (SSSR count). The average Bonchev–Trinajstić information content (AvgIpc) is 0.811. The van der Waals surface area contributed by atoms with Crippen LogP contribution in [0.5, 0.6) is 0 Å². The van der Waals surface area contributed by atoms with Crippen LogP contribution in [0, 0.1) is 50.2 Å². The van der Waals surface area contributed by atoms with Gasteiger partial charge >= 0.3 is 0 Å². The van der Waals surface area contributed by atoms with Gasteiger partial charge in [-0.25, -0.2) is 59.8 Å². The number of hydrogen-bond acceptors (Lipinski definition) is 27. The standard InChI is InChI=1S/3C19H22Cl2N4.3C17H19Cl2N5/c3*1-12-5-6-19(12)7-9-25(10-8-19)15-11-23-17(18(22)24-15)13-3-2-4-14(20)16(13)21;3*18-11-3-1-2-10(14(11)19)15-16(21)23-13(8-22-15)24-7-6-17(9-24)5-4-12(17)20/h3*2-4,11-12H,5-10H2,1H3,(H2,22,24);3*1-3,8,12H,4-7,9,20H2,(H2,21,23)/t2*12-;;2*12-,17+;12-,17-/m10.101/s1. The number of nitrogens with zero attached hydrogens (tertiary/aromatic N) is 18. The van der Waals surface area contributed by atoms with E-state index in [2.05, 4.69) is 110 Å². The first kappa shape index (κ1) is 106. The summed E-state index contributed by atoms with van der Waals surface area (Å²) in [6.07, 6.45) is 36.6. The molecule has 12 heterocycles. The fraction of sp³-hybridized carbons (Fsp3) is 0.444. The van der Waals surface area contributed by atoms with Gasteiger partial charge in [0.2, 0.25) is 0 Å². The van der Waals surface area contributed by atoms with Crippen molar-refractivity contribution < 1.29 is 0 Å². The van der Waals surface area contributed by atoms with Crippen LogP contribution in [0.4, 0.5) is 69.8 Å². The third-order valence-corrected chi connectivity index (χ3v) is 39.8. The fourth-order valence-electron chi connectivity index (χ4n) is 23.9. The number of anilines is 12. The number of rotatable bonds is 12. The lowest BCUT2D eigenvalue weighted by Gasteiger charge is -2.53. The van der Waals surface area contributed by atoms with Crippen LogP contribution >= 0.6 is 139 Å². The van der Waals surface area contributed by atoms with Crippen LogP contribution in [0.1, 0.15) is 156 Å². The molecule has 147 heavy (non-hydrogen) atoms. The van der Waals surface area contributed by atoms with E-state index in [-0.39, 0.29) is 16.2 Å². The smallest absolute Gasteiger partial charge is 0.152 e. The van der Waals surface area contributed by atoms with Gasteiger partial charge in [-0.1, -0.05) is 233 Å². The van der Waals surface area contributed by atoms with Crippen molar-refractivity contribution in [2.24, 2.45) is 67.4 Å². The molecule has 6 saturated heterocycles. The second-order valence-corrected chi connectivity index (χ2v) is 47.0. The summed E-state index contributed by atoms with van der Waals surface area (Å²) in [4.78, 5) is 68.1. The van der Waals surface area contributed by atoms with E-state index < -0.39 is 0 Å². The Kier molecular flexibility index (Phi) is 31.7. The van der Waals surface area contributed by atoms with Gasteiger partial charge in [-0.2, -0.15) is 0 Å². The molecule has 774 valence electrons. The average molecular weight is 2220 g/mol. The monoisotopic (exact) mass is 2220 g/mol. The lowest BCUT2D eigenvalue weighted by molar-refractivity contribution is 0.0163. The quantitative estimate of drug-likeness (QED) is 0.0548. The predicted molar refractivity (Wildman–Crippen MR) is 608 cm³/mol. The van der Waals surface area contributed by atoms with Crippen molar-refractivity contribution in [3.05, 3.63) is 207 Å². The summed E-state index contributed by atoms with van der Waals surface area (Å²) in [6.45, 7) is 18.9. The van der Waals surface area contributed by atoms with Gasteiger partial charge in [0, 0.05) is 146 Å². The number of hydrogen-bond donors (Lipinski definition) is 9. The van der Waals surface area contributed by atoms with E-state index >= 15 is 0 Å². The van der Waals surface area contributed by atoms with Gasteiger partial charge in [0.25, 0.3) is 0 Å². The molecule has 27 nitrogen and oxygen atoms in total. The van der Waals surface area contributed by atoms with E-state index in [0.29, 0.717) is 197 Å². The second kappa shape index (κ2) is 43.8. The van der Waals surface area contributed by atoms with Crippen LogP contribution in [0.2, 0.25) is 60.3 Å². The normalized spacial score (nSPS) is 24.0. The molecule has 1 unspecified atom stereocenters. The summed E-state index contributed by atoms with van der Waals surface area (Å²) >= 11 is 74.2. The molecule has 9 atom stereocenters. The lowest BCUT2D eigenvalue weighted by atomic mass is 9.56. The third kappa shape index (κ3) is 21.3. The Morgan fingerprint density at radius 3 is 0.524 bits per heavy atom. The number of nitrogens with two attached hydrogens (primary N) is 9. The Morgan fingerprint density at radius 1 is 0.224 bits per heavy atom. The molecule has 0 radical (unpaired) electrons. The van der Waals surface area contributed by atoms with Crippen molar-refractivity contribution in [2.75, 3.05) is 142 Å². The number of piperidine rings is 3. The van der Waals surface area contributed by atoms with Crippen molar-refractivity contribution in [2.45, 2.75) is 174 Å². The first-order chi connectivity index (χ1) is 70.5. The molecule has 0 bridgehead atoms. The molecule has 6 spiro atoms. The van der Waals surface area contributed by atoms with E-state index in [4.69, 9.17) is 191 Å². The molecular formula is C108H123Cl12N27. The first-order valence-corrected chi connectivity index (χ1v) is 55.2. The van der Waals surface area contributed by atoms with E-state index in [0.717, 1.165) is 170 Å². The predicted octanol–water partition coefficient (Wildman–Crippen LogP) is 25.2. The molecule has 12 aliphatic rings. The van der Waals surface area contributed by atoms with Crippen LogP contribution in [-0.4, -0.2) is 156 Å². The number of nitrogen functional groups attached to an aromatic ring is 6. The number of benzene rings is 6. The van der Waals surface area contributed by atoms with Crippen molar-refractivity contribution in [3.8, 4) is 67.5 Å². The van der Waals surface area contributed by atoms with Crippen molar-refractivity contribution >= 4 is 209 Å². The minimum absolute atomic E-state index is 0.255.